The highest BCUT2D eigenvalue weighted by Crippen LogP contribution is 2.41. The van der Waals surface area contributed by atoms with Crippen LogP contribution in [0.3, 0.4) is 0 Å². The monoisotopic (exact) mass is 521 g/mol. The van der Waals surface area contributed by atoms with E-state index in [0.717, 1.165) is 80.9 Å². The van der Waals surface area contributed by atoms with Gasteiger partial charge in [-0.1, -0.05) is 12.2 Å². The van der Waals surface area contributed by atoms with Crippen molar-refractivity contribution in [2.24, 2.45) is 0 Å². The van der Waals surface area contributed by atoms with Crippen LogP contribution in [-0.4, -0.2) is 84.3 Å². The Kier molecular flexibility index (Phi) is 6.37. The minimum atomic E-state index is -0.602. The van der Waals surface area contributed by atoms with Crippen LogP contribution in [0.2, 0.25) is 0 Å². The summed E-state index contributed by atoms with van der Waals surface area (Å²) >= 11 is 0. The molecule has 0 unspecified atom stereocenters. The zero-order valence-electron chi connectivity index (χ0n) is 21.3. The lowest BCUT2D eigenvalue weighted by Gasteiger charge is -2.44. The van der Waals surface area contributed by atoms with Gasteiger partial charge in [0.1, 0.15) is 34.3 Å². The molecule has 1 aromatic heterocycles. The summed E-state index contributed by atoms with van der Waals surface area (Å²) in [6.45, 7) is 5.39. The standard InChI is InChI=1S/C28H32FN5O4/c1-38-21-13-18-3-2-6-34(37)27(18)24(15-21)32-11-9-31(10-12-32)19-4-7-33(8-5-19)28-25(36)16-23(29)22-14-20(35)17-30-26(22)28/h2-3,13-17,19,35-37H,4-12H2,1H3. The SMILES string of the molecule is COc1cc2c(c(N3CCN(C4CCN(c5c(O)cc(F)c6cc(O)cnc56)CC4)CC3)c1)N(O)CC=C2. The van der Waals surface area contributed by atoms with Gasteiger partial charge >= 0.3 is 0 Å². The topological polar surface area (TPSA) is 95.8 Å². The van der Waals surface area contributed by atoms with E-state index in [4.69, 9.17) is 4.74 Å². The predicted molar refractivity (Wildman–Crippen MR) is 145 cm³/mol. The van der Waals surface area contributed by atoms with Crippen molar-refractivity contribution in [3.63, 3.8) is 0 Å². The third-order valence-electron chi connectivity index (χ3n) is 7.98. The average Bonchev–Trinajstić information content (AvgIpc) is 2.93. The molecule has 0 amide bonds. The molecule has 3 N–H and O–H groups in total. The Morgan fingerprint density at radius 1 is 0.947 bits per heavy atom. The maximum atomic E-state index is 14.4. The fraction of sp³-hybridized carbons (Fsp3) is 0.393. The van der Waals surface area contributed by atoms with Gasteiger partial charge in [-0.25, -0.2) is 9.37 Å². The van der Waals surface area contributed by atoms with E-state index in [2.05, 4.69) is 19.7 Å². The first-order chi connectivity index (χ1) is 18.4. The molecule has 2 aromatic carbocycles. The number of methoxy groups -OCH3 is 1. The number of piperazine rings is 1. The quantitative estimate of drug-likeness (QED) is 0.474. The molecule has 0 atom stereocenters. The van der Waals surface area contributed by atoms with Gasteiger partial charge in [0.15, 0.2) is 0 Å². The van der Waals surface area contributed by atoms with Crippen LogP contribution in [-0.2, 0) is 0 Å². The van der Waals surface area contributed by atoms with Crippen LogP contribution in [0.4, 0.5) is 21.5 Å². The third kappa shape index (κ3) is 4.33. The number of piperidine rings is 1. The molecular weight excluding hydrogens is 489 g/mol. The Bertz CT molecular complexity index is 1380. The van der Waals surface area contributed by atoms with Crippen LogP contribution < -0.4 is 19.6 Å². The number of hydroxylamine groups is 1. The second-order valence-electron chi connectivity index (χ2n) is 10.1. The molecule has 3 aliphatic heterocycles. The number of benzene rings is 2. The van der Waals surface area contributed by atoms with Crippen molar-refractivity contribution in [1.29, 1.82) is 0 Å². The van der Waals surface area contributed by atoms with Crippen LogP contribution >= 0.6 is 0 Å². The van der Waals surface area contributed by atoms with Gasteiger partial charge in [-0.15, -0.1) is 0 Å². The minimum Gasteiger partial charge on any atom is -0.506 e. The molecular formula is C28H32FN5O4. The molecule has 0 saturated carbocycles. The van der Waals surface area contributed by atoms with E-state index >= 15 is 0 Å². The molecule has 0 spiro atoms. The zero-order chi connectivity index (χ0) is 26.4. The molecule has 38 heavy (non-hydrogen) atoms. The second-order valence-corrected chi connectivity index (χ2v) is 10.1. The number of anilines is 3. The summed E-state index contributed by atoms with van der Waals surface area (Å²) < 4.78 is 19.9. The van der Waals surface area contributed by atoms with E-state index in [1.54, 1.807) is 7.11 Å². The molecule has 0 bridgehead atoms. The van der Waals surface area contributed by atoms with Crippen LogP contribution in [0.1, 0.15) is 18.4 Å². The second kappa shape index (κ2) is 9.85. The number of ether oxygens (including phenoxy) is 1. The summed E-state index contributed by atoms with van der Waals surface area (Å²) in [7, 11) is 1.66. The first kappa shape index (κ1) is 24.6. The lowest BCUT2D eigenvalue weighted by molar-refractivity contribution is 0.159. The maximum Gasteiger partial charge on any atom is 0.144 e. The van der Waals surface area contributed by atoms with Gasteiger partial charge in [0.25, 0.3) is 0 Å². The number of hydrogen-bond acceptors (Lipinski definition) is 9. The van der Waals surface area contributed by atoms with Crippen molar-refractivity contribution < 1.29 is 24.5 Å². The number of fused-ring (bicyclic) bond motifs is 2. The van der Waals surface area contributed by atoms with Gasteiger partial charge in [-0.2, -0.15) is 0 Å². The van der Waals surface area contributed by atoms with Crippen LogP contribution in [0, 0.1) is 5.82 Å². The Balaban J connectivity index is 1.13. The van der Waals surface area contributed by atoms with Gasteiger partial charge in [-0.05, 0) is 25.0 Å². The maximum absolute atomic E-state index is 14.4. The predicted octanol–water partition coefficient (Wildman–Crippen LogP) is 3.81. The molecule has 2 saturated heterocycles. The number of aromatic hydroxyl groups is 2. The van der Waals surface area contributed by atoms with Crippen molar-refractivity contribution in [2.45, 2.75) is 18.9 Å². The van der Waals surface area contributed by atoms with Crippen molar-refractivity contribution >= 4 is 34.0 Å². The zero-order valence-corrected chi connectivity index (χ0v) is 21.3. The molecule has 3 aliphatic rings. The molecule has 2 fully saturated rings. The van der Waals surface area contributed by atoms with Crippen LogP contribution in [0.5, 0.6) is 17.2 Å². The summed E-state index contributed by atoms with van der Waals surface area (Å²) in [6.07, 6.45) is 7.08. The number of aromatic nitrogens is 1. The summed E-state index contributed by atoms with van der Waals surface area (Å²) in [5.74, 6) is -0.0667. The highest BCUT2D eigenvalue weighted by atomic mass is 19.1. The van der Waals surface area contributed by atoms with E-state index in [1.807, 2.05) is 24.3 Å². The number of hydrogen-bond donors (Lipinski definition) is 3. The molecule has 0 radical (unpaired) electrons. The number of rotatable bonds is 4. The normalized spacial score (nSPS) is 18.8. The molecule has 9 nitrogen and oxygen atoms in total. The summed E-state index contributed by atoms with van der Waals surface area (Å²) in [5, 5.41) is 32.4. The van der Waals surface area contributed by atoms with Gasteiger partial charge in [0.05, 0.1) is 31.2 Å². The van der Waals surface area contributed by atoms with E-state index < -0.39 is 5.82 Å². The summed E-state index contributed by atoms with van der Waals surface area (Å²) in [4.78, 5) is 11.1. The fourth-order valence-corrected chi connectivity index (χ4v) is 6.06. The smallest absolute Gasteiger partial charge is 0.144 e. The third-order valence-corrected chi connectivity index (χ3v) is 7.98. The number of phenols is 1. The Labute approximate surface area is 220 Å². The number of phenolic OH excluding ortho intramolecular Hbond substituents is 1. The van der Waals surface area contributed by atoms with Crippen LogP contribution in [0.15, 0.2) is 36.5 Å². The van der Waals surface area contributed by atoms with E-state index in [0.29, 0.717) is 23.8 Å². The number of halogens is 1. The van der Waals surface area contributed by atoms with Crippen molar-refractivity contribution in [3.05, 3.63) is 47.9 Å². The van der Waals surface area contributed by atoms with Gasteiger partial charge in [0, 0.05) is 68.4 Å². The van der Waals surface area contributed by atoms with Crippen molar-refractivity contribution in [1.82, 2.24) is 9.88 Å². The largest absolute Gasteiger partial charge is 0.506 e. The minimum absolute atomic E-state index is 0.108. The Morgan fingerprint density at radius 2 is 1.71 bits per heavy atom. The summed E-state index contributed by atoms with van der Waals surface area (Å²) in [6, 6.07) is 6.81. The molecule has 0 aliphatic carbocycles. The van der Waals surface area contributed by atoms with Gasteiger partial charge in [-0.3, -0.25) is 15.2 Å². The lowest BCUT2D eigenvalue weighted by Crippen LogP contribution is -2.53. The fourth-order valence-electron chi connectivity index (χ4n) is 6.06. The van der Waals surface area contributed by atoms with Gasteiger partial charge in [0.2, 0.25) is 0 Å². The van der Waals surface area contributed by atoms with E-state index in [1.165, 1.54) is 17.3 Å². The Morgan fingerprint density at radius 3 is 2.45 bits per heavy atom. The van der Waals surface area contributed by atoms with Crippen molar-refractivity contribution in [3.8, 4) is 17.2 Å². The molecule has 4 heterocycles. The van der Waals surface area contributed by atoms with Crippen LogP contribution in [0.25, 0.3) is 17.0 Å². The van der Waals surface area contributed by atoms with E-state index in [9.17, 15) is 19.8 Å². The molecule has 10 heteroatoms. The molecule has 200 valence electrons. The molecule has 6 rings (SSSR count). The summed E-state index contributed by atoms with van der Waals surface area (Å²) in [5.41, 5.74) is 3.64. The molecule has 3 aromatic rings. The number of pyridine rings is 1. The first-order valence-electron chi connectivity index (χ1n) is 13.0. The highest BCUT2D eigenvalue weighted by molar-refractivity contribution is 5.95. The van der Waals surface area contributed by atoms with Gasteiger partial charge < -0.3 is 24.7 Å². The first-order valence-corrected chi connectivity index (χ1v) is 13.0. The lowest BCUT2D eigenvalue weighted by atomic mass is 10.00. The van der Waals surface area contributed by atoms with E-state index in [-0.39, 0.29) is 16.9 Å². The highest BCUT2D eigenvalue weighted by Gasteiger charge is 2.31. The number of nitrogens with zero attached hydrogens (tertiary/aromatic N) is 5. The average molecular weight is 522 g/mol. The van der Waals surface area contributed by atoms with Crippen molar-refractivity contribution in [2.75, 3.05) is 67.8 Å². The Hall–Kier alpha value is -3.76.